The molecule has 2 aromatic rings. The Morgan fingerprint density at radius 2 is 1.67 bits per heavy atom. The van der Waals surface area contributed by atoms with Crippen LogP contribution >= 0.6 is 27.5 Å². The fraction of sp³-hybridized carbons (Fsp3) is 0.222. The van der Waals surface area contributed by atoms with Crippen LogP contribution in [0.2, 0.25) is 5.02 Å². The molecule has 2 amide bonds. The van der Waals surface area contributed by atoms with Crippen molar-refractivity contribution in [2.45, 2.75) is 26.3 Å². The molecule has 0 radical (unpaired) electrons. The molecule has 0 bridgehead atoms. The van der Waals surface area contributed by atoms with E-state index >= 15 is 0 Å². The van der Waals surface area contributed by atoms with Gasteiger partial charge in [-0.05, 0) is 51.1 Å². The average molecular weight is 410 g/mol. The van der Waals surface area contributed by atoms with E-state index in [9.17, 15) is 9.59 Å². The molecule has 6 heteroatoms. The molecule has 0 saturated carbocycles. The summed E-state index contributed by atoms with van der Waals surface area (Å²) in [6.45, 7) is 5.69. The molecule has 0 fully saturated rings. The van der Waals surface area contributed by atoms with Gasteiger partial charge in [0, 0.05) is 10.0 Å². The van der Waals surface area contributed by atoms with E-state index in [-0.39, 0.29) is 17.4 Å². The predicted molar refractivity (Wildman–Crippen MR) is 101 cm³/mol. The van der Waals surface area contributed by atoms with Crippen LogP contribution in [0.15, 0.2) is 46.9 Å². The van der Waals surface area contributed by atoms with Crippen molar-refractivity contribution in [3.8, 4) is 0 Å². The second kappa shape index (κ2) is 7.36. The topological polar surface area (TPSA) is 58.2 Å². The van der Waals surface area contributed by atoms with Gasteiger partial charge in [0.1, 0.15) is 0 Å². The summed E-state index contributed by atoms with van der Waals surface area (Å²) in [6.07, 6.45) is 0. The molecule has 0 atom stereocenters. The summed E-state index contributed by atoms with van der Waals surface area (Å²) in [4.78, 5) is 24.9. The van der Waals surface area contributed by atoms with Crippen LogP contribution < -0.4 is 10.6 Å². The highest BCUT2D eigenvalue weighted by atomic mass is 79.9. The second-order valence-electron chi connectivity index (χ2n) is 6.33. The molecule has 4 nitrogen and oxygen atoms in total. The molecular formula is C18H18BrClN2O2. The third-order valence-electron chi connectivity index (χ3n) is 3.08. The number of amides is 2. The van der Waals surface area contributed by atoms with Crippen LogP contribution in [0, 0.1) is 0 Å². The number of nitrogens with one attached hydrogen (secondary N) is 2. The van der Waals surface area contributed by atoms with Gasteiger partial charge in [-0.15, -0.1) is 0 Å². The number of carbonyl (C=O) groups excluding carboxylic acids is 2. The highest BCUT2D eigenvalue weighted by molar-refractivity contribution is 9.10. The first-order valence-electron chi connectivity index (χ1n) is 7.35. The van der Waals surface area contributed by atoms with E-state index in [1.165, 1.54) is 0 Å². The second-order valence-corrected chi connectivity index (χ2v) is 7.65. The van der Waals surface area contributed by atoms with Crippen LogP contribution in [0.4, 0.5) is 5.69 Å². The molecule has 126 valence electrons. The number of halogens is 2. The lowest BCUT2D eigenvalue weighted by molar-refractivity contribution is 0.0920. The number of rotatable bonds is 3. The van der Waals surface area contributed by atoms with Crippen molar-refractivity contribution in [3.63, 3.8) is 0 Å². The Morgan fingerprint density at radius 3 is 2.33 bits per heavy atom. The van der Waals surface area contributed by atoms with Gasteiger partial charge in [-0.2, -0.15) is 0 Å². The van der Waals surface area contributed by atoms with Gasteiger partial charge in [0.25, 0.3) is 11.8 Å². The largest absolute Gasteiger partial charge is 0.347 e. The molecule has 2 rings (SSSR count). The molecule has 0 aliphatic carbocycles. The first kappa shape index (κ1) is 18.5. The Balaban J connectivity index is 2.29. The molecule has 2 aromatic carbocycles. The molecular weight excluding hydrogens is 392 g/mol. The minimum absolute atomic E-state index is 0.251. The van der Waals surface area contributed by atoms with Gasteiger partial charge in [-0.25, -0.2) is 0 Å². The van der Waals surface area contributed by atoms with E-state index in [4.69, 9.17) is 11.6 Å². The molecule has 0 aromatic heterocycles. The molecule has 0 heterocycles. The number of hydrogen-bond donors (Lipinski definition) is 2. The quantitative estimate of drug-likeness (QED) is 0.759. The minimum Gasteiger partial charge on any atom is -0.347 e. The summed E-state index contributed by atoms with van der Waals surface area (Å²) >= 11 is 9.40. The van der Waals surface area contributed by atoms with Gasteiger partial charge in [0.05, 0.1) is 21.8 Å². The normalized spacial score (nSPS) is 11.0. The van der Waals surface area contributed by atoms with Crippen LogP contribution in [0.25, 0.3) is 0 Å². The summed E-state index contributed by atoms with van der Waals surface area (Å²) in [7, 11) is 0. The Morgan fingerprint density at radius 1 is 1.00 bits per heavy atom. The maximum absolute atomic E-state index is 12.5. The molecule has 0 saturated heterocycles. The van der Waals surface area contributed by atoms with Crippen molar-refractivity contribution in [1.29, 1.82) is 0 Å². The maximum atomic E-state index is 12.5. The van der Waals surface area contributed by atoms with Gasteiger partial charge in [0.15, 0.2) is 0 Å². The van der Waals surface area contributed by atoms with Gasteiger partial charge in [-0.1, -0.05) is 39.7 Å². The van der Waals surface area contributed by atoms with E-state index in [0.29, 0.717) is 21.8 Å². The first-order chi connectivity index (χ1) is 11.2. The van der Waals surface area contributed by atoms with Gasteiger partial charge >= 0.3 is 0 Å². The van der Waals surface area contributed by atoms with E-state index in [1.54, 1.807) is 42.5 Å². The number of hydrogen-bond acceptors (Lipinski definition) is 2. The lowest BCUT2D eigenvalue weighted by Crippen LogP contribution is -2.40. The summed E-state index contributed by atoms with van der Waals surface area (Å²) in [6, 6.07) is 11.9. The summed E-state index contributed by atoms with van der Waals surface area (Å²) in [5, 5.41) is 5.98. The Bertz CT molecular complexity index is 785. The third kappa shape index (κ3) is 4.82. The number of carbonyl (C=O) groups is 2. The van der Waals surface area contributed by atoms with E-state index in [1.807, 2.05) is 20.8 Å². The SMILES string of the molecule is CC(C)(C)NC(=O)c1ccccc1NC(=O)c1cc(Br)ccc1Cl. The standard InChI is InChI=1S/C18H18BrClN2O2/c1-18(2,3)22-17(24)12-6-4-5-7-15(12)21-16(23)13-10-11(19)8-9-14(13)20/h4-10H,1-3H3,(H,21,23)(H,22,24). The zero-order chi connectivity index (χ0) is 17.9. The lowest BCUT2D eigenvalue weighted by atomic mass is 10.1. The maximum Gasteiger partial charge on any atom is 0.257 e. The zero-order valence-electron chi connectivity index (χ0n) is 13.6. The van der Waals surface area contributed by atoms with Crippen LogP contribution in [-0.4, -0.2) is 17.4 Å². The fourth-order valence-corrected chi connectivity index (χ4v) is 2.62. The highest BCUT2D eigenvalue weighted by Crippen LogP contribution is 2.23. The number of benzene rings is 2. The Hall–Kier alpha value is -1.85. The van der Waals surface area contributed by atoms with Crippen molar-refractivity contribution in [2.75, 3.05) is 5.32 Å². The fourth-order valence-electron chi connectivity index (χ4n) is 2.06. The summed E-state index contributed by atoms with van der Waals surface area (Å²) in [5.74, 6) is -0.629. The third-order valence-corrected chi connectivity index (χ3v) is 3.90. The van der Waals surface area contributed by atoms with Crippen LogP contribution in [0.5, 0.6) is 0 Å². The van der Waals surface area contributed by atoms with Gasteiger partial charge in [0.2, 0.25) is 0 Å². The molecule has 0 unspecified atom stereocenters. The average Bonchev–Trinajstić information content (AvgIpc) is 2.48. The zero-order valence-corrected chi connectivity index (χ0v) is 16.0. The molecule has 2 N–H and O–H groups in total. The highest BCUT2D eigenvalue weighted by Gasteiger charge is 2.19. The number of anilines is 1. The Labute approximate surface area is 154 Å². The molecule has 0 spiro atoms. The van der Waals surface area contributed by atoms with Crippen LogP contribution in [0.3, 0.4) is 0 Å². The lowest BCUT2D eigenvalue weighted by Gasteiger charge is -2.21. The van der Waals surface area contributed by atoms with Gasteiger partial charge < -0.3 is 10.6 Å². The molecule has 0 aliphatic rings. The minimum atomic E-state index is -0.377. The first-order valence-corrected chi connectivity index (χ1v) is 8.52. The van der Waals surface area contributed by atoms with E-state index in [2.05, 4.69) is 26.6 Å². The summed E-state index contributed by atoms with van der Waals surface area (Å²) in [5.41, 5.74) is 0.784. The predicted octanol–water partition coefficient (Wildman–Crippen LogP) is 4.88. The van der Waals surface area contributed by atoms with Crippen molar-refractivity contribution in [1.82, 2.24) is 5.32 Å². The van der Waals surface area contributed by atoms with Crippen molar-refractivity contribution < 1.29 is 9.59 Å². The summed E-state index contributed by atoms with van der Waals surface area (Å²) < 4.78 is 0.746. The monoisotopic (exact) mass is 408 g/mol. The van der Waals surface area contributed by atoms with Crippen molar-refractivity contribution >= 4 is 45.0 Å². The Kier molecular flexibility index (Phi) is 5.67. The van der Waals surface area contributed by atoms with Crippen LogP contribution in [-0.2, 0) is 0 Å². The van der Waals surface area contributed by atoms with Gasteiger partial charge in [-0.3, -0.25) is 9.59 Å². The molecule has 0 aliphatic heterocycles. The van der Waals surface area contributed by atoms with Crippen LogP contribution in [0.1, 0.15) is 41.5 Å². The van der Waals surface area contributed by atoms with Crippen molar-refractivity contribution in [3.05, 3.63) is 63.1 Å². The van der Waals surface area contributed by atoms with E-state index < -0.39 is 0 Å². The van der Waals surface area contributed by atoms with Crippen molar-refractivity contribution in [2.24, 2.45) is 0 Å². The molecule has 24 heavy (non-hydrogen) atoms. The smallest absolute Gasteiger partial charge is 0.257 e. The number of para-hydroxylation sites is 1. The van der Waals surface area contributed by atoms with E-state index in [0.717, 1.165) is 4.47 Å².